The molecular weight excluding hydrogens is 1130 g/mol. The monoisotopic (exact) mass is 1170 g/mol. The lowest BCUT2D eigenvalue weighted by atomic mass is 10.1. The molecule has 3 heterocycles. The Hall–Kier alpha value is -11.9. The molecule has 0 spiro atoms. The van der Waals surface area contributed by atoms with Crippen molar-refractivity contribution in [2.24, 2.45) is 0 Å². The molecule has 0 N–H and O–H groups in total. The van der Waals surface area contributed by atoms with E-state index in [-0.39, 0.29) is 21.5 Å². The zero-order chi connectivity index (χ0) is 59.5. The highest BCUT2D eigenvalue weighted by Gasteiger charge is 2.56. The van der Waals surface area contributed by atoms with Crippen LogP contribution in [0.5, 0.6) is 0 Å². The predicted octanol–water partition coefficient (Wildman–Crippen LogP) is 15.2. The molecule has 3 aliphatic heterocycles. The molecule has 0 aliphatic carbocycles. The maximum Gasteiger partial charge on any atom is 0.301 e. The lowest BCUT2D eigenvalue weighted by Gasteiger charge is -2.38. The van der Waals surface area contributed by atoms with Crippen LogP contribution < -0.4 is 43.9 Å². The highest BCUT2D eigenvalue weighted by atomic mass is 31.2. The van der Waals surface area contributed by atoms with E-state index in [0.717, 1.165) is 0 Å². The minimum atomic E-state index is -4.77. The fraction of sp³-hybridized carbons (Fsp3) is 0. The number of anilines is 12. The lowest BCUT2D eigenvalue weighted by Crippen LogP contribution is -2.37. The predicted molar refractivity (Wildman–Crippen MR) is 332 cm³/mol. The number of para-hydroxylation sites is 4. The van der Waals surface area contributed by atoms with Gasteiger partial charge in [0.2, 0.25) is 0 Å². The summed E-state index contributed by atoms with van der Waals surface area (Å²) in [5.41, 5.74) is 6.95. The fourth-order valence-electron chi connectivity index (χ4n) is 11.3. The van der Waals surface area contributed by atoms with Gasteiger partial charge in [0, 0.05) is 34.1 Å². The molecule has 0 bridgehead atoms. The largest absolute Gasteiger partial charge is 0.301 e. The Morgan fingerprint density at radius 2 is 0.407 bits per heavy atom. The topological polar surface area (TPSA) is 237 Å². The highest BCUT2D eigenvalue weighted by molar-refractivity contribution is 7.79. The minimum absolute atomic E-state index is 0.00935. The summed E-state index contributed by atoms with van der Waals surface area (Å²) in [7, 11) is -14.1. The van der Waals surface area contributed by atoms with E-state index in [1.165, 1.54) is 0 Å². The molecule has 3 aliphatic rings. The van der Waals surface area contributed by atoms with Crippen LogP contribution in [0.2, 0.25) is 0 Å². The van der Waals surface area contributed by atoms with Crippen molar-refractivity contribution in [2.75, 3.05) is 28.0 Å². The van der Waals surface area contributed by atoms with Crippen molar-refractivity contribution in [1.29, 1.82) is 36.8 Å². The van der Waals surface area contributed by atoms with Crippen LogP contribution in [0.4, 0.5) is 68.2 Å². The van der Waals surface area contributed by atoms with E-state index in [1.54, 1.807) is 234 Å². The van der Waals surface area contributed by atoms with E-state index in [9.17, 15) is 36.8 Å². The number of hydrogen-bond acceptors (Lipinski definition) is 10. The van der Waals surface area contributed by atoms with Crippen LogP contribution in [0.25, 0.3) is 0 Å². The summed E-state index contributed by atoms with van der Waals surface area (Å²) in [5.74, 6) is 0. The summed E-state index contributed by atoms with van der Waals surface area (Å²) in [6, 6.07) is 78.8. The maximum absolute atomic E-state index is 18.4. The van der Waals surface area contributed by atoms with Crippen LogP contribution in [0, 0.1) is 79.3 Å². The molecule has 19 heteroatoms. The molecule has 86 heavy (non-hydrogen) atoms. The average molecular weight is 1170 g/mol. The summed E-state index contributed by atoms with van der Waals surface area (Å²) in [6.07, 6.45) is 0. The number of nitriles is 7. The van der Waals surface area contributed by atoms with Gasteiger partial charge in [0.1, 0.15) is 0 Å². The van der Waals surface area contributed by atoms with E-state index in [1.807, 2.05) is 24.3 Å². The first-order chi connectivity index (χ1) is 41.9. The highest BCUT2D eigenvalue weighted by Crippen LogP contribution is 2.75. The van der Waals surface area contributed by atoms with Gasteiger partial charge in [-0.15, -0.1) is 0 Å². The third-order valence-electron chi connectivity index (χ3n) is 15.2. The van der Waals surface area contributed by atoms with Crippen molar-refractivity contribution >= 4 is 106 Å². The molecule has 0 saturated heterocycles. The van der Waals surface area contributed by atoms with E-state index in [4.69, 9.17) is 0 Å². The summed E-state index contributed by atoms with van der Waals surface area (Å²) >= 11 is 0. The van der Waals surface area contributed by atoms with Crippen molar-refractivity contribution in [3.63, 3.8) is 0 Å². The van der Waals surface area contributed by atoms with E-state index < -0.39 is 22.3 Å². The number of rotatable bonds is 9. The van der Waals surface area contributed by atoms with E-state index >= 15 is 13.7 Å². The third-order valence-corrected chi connectivity index (χ3v) is 23.9. The Labute approximate surface area is 494 Å². The van der Waals surface area contributed by atoms with Crippen LogP contribution in [-0.2, 0) is 13.7 Å². The molecule has 0 amide bonds. The molecule has 1 unspecified atom stereocenters. The summed E-state index contributed by atoms with van der Waals surface area (Å²) in [6.45, 7) is 0. The minimum Gasteiger partial charge on any atom is -0.270 e. The van der Waals surface area contributed by atoms with Gasteiger partial charge in [0.25, 0.3) is 0 Å². The zero-order valence-corrected chi connectivity index (χ0v) is 47.5. The lowest BCUT2D eigenvalue weighted by molar-refractivity contribution is 0.582. The van der Waals surface area contributed by atoms with Crippen LogP contribution >= 0.6 is 22.3 Å². The summed E-state index contributed by atoms with van der Waals surface area (Å²) in [4.78, 5) is 0. The average Bonchev–Trinajstić information content (AvgIpc) is 1.57. The van der Waals surface area contributed by atoms with Crippen LogP contribution in [0.3, 0.4) is 0 Å². The first-order valence-electron chi connectivity index (χ1n) is 26.5. The molecule has 10 aromatic rings. The van der Waals surface area contributed by atoms with Gasteiger partial charge >= 0.3 is 22.3 Å². The first-order valence-corrected chi connectivity index (χ1v) is 31.3. The second-order valence-electron chi connectivity index (χ2n) is 20.0. The molecule has 0 fully saturated rings. The number of hydrogen-bond donors (Lipinski definition) is 0. The Bertz CT molecular complexity index is 4550. The van der Waals surface area contributed by atoms with Crippen molar-refractivity contribution in [3.8, 4) is 42.5 Å². The molecule has 13 rings (SSSR count). The van der Waals surface area contributed by atoms with Gasteiger partial charge in [-0.25, -0.2) is 0 Å². The quantitative estimate of drug-likeness (QED) is 0.122. The zero-order valence-electron chi connectivity index (χ0n) is 44.8. The Balaban J connectivity index is 1.21. The molecule has 10 aromatic carbocycles. The molecule has 0 saturated carbocycles. The maximum atomic E-state index is 18.4. The van der Waals surface area contributed by atoms with E-state index in [0.29, 0.717) is 102 Å². The number of benzene rings is 10. The Morgan fingerprint density at radius 1 is 0.221 bits per heavy atom. The SMILES string of the molecule is N#Cc1ccc(N2c3ccccc3N(c3ccc(C#N)cc3)P2(=O)c2cc(P3(=O)N(c4ccc(C#N)cc4)c4ccccc4N3c3ccc(C#N)cc3)cc(P3(=O)N(c4ccc(C#N)cc4)c4ccc(C#N)cc4N3c3ccc(C#N)cc3)c2)cc1. The van der Waals surface area contributed by atoms with Crippen LogP contribution in [-0.4, -0.2) is 0 Å². The standard InChI is InChI=1S/C67H38N13O3P3/c68-39-46-9-22-53(23-10-46)75-62-5-1-2-6-63(62)76(54-24-11-47(40-69)12-25-54)84(75,81)59-36-60(85(82)77(55-26-13-48(41-70)14-27-55)64-7-3-4-8-65(64)78(85)56-28-15-49(42-71)16-29-56)38-61(37-59)86(83)79(57-30-17-50(43-72)18-31-57)66-34-21-52(45-74)35-67(66)80(86)58-32-19-51(44-73)20-33-58/h1-38H. The normalized spacial score (nSPS) is 15.6. The summed E-state index contributed by atoms with van der Waals surface area (Å²) < 4.78 is 65.0. The second-order valence-corrected chi connectivity index (χ2v) is 27.2. The van der Waals surface area contributed by atoms with Gasteiger partial charge in [-0.1, -0.05) is 24.3 Å². The smallest absolute Gasteiger partial charge is 0.270 e. The van der Waals surface area contributed by atoms with Gasteiger partial charge in [-0.3, -0.25) is 41.7 Å². The van der Waals surface area contributed by atoms with Crippen molar-refractivity contribution in [1.82, 2.24) is 0 Å². The van der Waals surface area contributed by atoms with Crippen molar-refractivity contribution in [2.45, 2.75) is 0 Å². The number of nitrogens with zero attached hydrogens (tertiary/aromatic N) is 13. The first kappa shape index (κ1) is 53.4. The third kappa shape index (κ3) is 8.18. The molecule has 1 atom stereocenters. The molecular formula is C67H38N13O3P3. The van der Waals surface area contributed by atoms with Gasteiger partial charge in [0.15, 0.2) is 0 Å². The Morgan fingerprint density at radius 3 is 0.616 bits per heavy atom. The van der Waals surface area contributed by atoms with Gasteiger partial charge in [-0.2, -0.15) is 36.8 Å². The molecule has 0 radical (unpaired) electrons. The van der Waals surface area contributed by atoms with Crippen molar-refractivity contribution in [3.05, 3.63) is 269 Å². The van der Waals surface area contributed by atoms with Crippen LogP contribution in [0.1, 0.15) is 38.9 Å². The molecule has 0 aromatic heterocycles. The number of fused-ring (bicyclic) bond motifs is 3. The van der Waals surface area contributed by atoms with E-state index in [2.05, 4.69) is 42.5 Å². The van der Waals surface area contributed by atoms with Gasteiger partial charge in [-0.05, 0) is 206 Å². The Kier molecular flexibility index (Phi) is 12.9. The van der Waals surface area contributed by atoms with Crippen LogP contribution in [0.15, 0.2) is 231 Å². The summed E-state index contributed by atoms with van der Waals surface area (Å²) in [5, 5.41) is 71.0. The fourth-order valence-corrected chi connectivity index (χ4v) is 20.9. The van der Waals surface area contributed by atoms with Gasteiger partial charge in [0.05, 0.1) is 131 Å². The molecule has 16 nitrogen and oxygen atoms in total. The van der Waals surface area contributed by atoms with Gasteiger partial charge < -0.3 is 0 Å². The van der Waals surface area contributed by atoms with Crippen molar-refractivity contribution < 1.29 is 13.7 Å². The second kappa shape index (κ2) is 20.8. The molecule has 404 valence electrons.